The third-order valence-corrected chi connectivity index (χ3v) is 5.79. The van der Waals surface area contributed by atoms with E-state index in [4.69, 9.17) is 5.73 Å². The zero-order valence-electron chi connectivity index (χ0n) is 15.1. The van der Waals surface area contributed by atoms with Crippen LogP contribution in [-0.2, 0) is 5.41 Å². The summed E-state index contributed by atoms with van der Waals surface area (Å²) in [6.07, 6.45) is 8.08. The zero-order valence-corrected chi connectivity index (χ0v) is 15.1. The first-order valence-corrected chi connectivity index (χ1v) is 9.32. The molecule has 1 aromatic carbocycles. The number of rotatable bonds is 6. The Hall–Kier alpha value is -1.39. The molecule has 3 N–H and O–H groups in total. The van der Waals surface area contributed by atoms with Crippen molar-refractivity contribution in [3.05, 3.63) is 35.4 Å². The van der Waals surface area contributed by atoms with Crippen LogP contribution in [0.15, 0.2) is 24.3 Å². The number of carbonyl (C=O) groups is 1. The summed E-state index contributed by atoms with van der Waals surface area (Å²) < 4.78 is 0. The maximum atomic E-state index is 12.5. The molecular weight excluding hydrogens is 298 g/mol. The third-order valence-electron chi connectivity index (χ3n) is 5.79. The van der Waals surface area contributed by atoms with E-state index in [1.165, 1.54) is 31.2 Å². The molecular formula is C20H31N3O. The van der Waals surface area contributed by atoms with Gasteiger partial charge in [0.05, 0.1) is 0 Å². The molecule has 2 aliphatic rings. The van der Waals surface area contributed by atoms with Crippen LogP contribution in [-0.4, -0.2) is 43.5 Å². The fourth-order valence-corrected chi connectivity index (χ4v) is 3.84. The molecule has 0 aliphatic heterocycles. The summed E-state index contributed by atoms with van der Waals surface area (Å²) in [5.41, 5.74) is 8.62. The van der Waals surface area contributed by atoms with Gasteiger partial charge in [-0.05, 0) is 75.9 Å². The van der Waals surface area contributed by atoms with Gasteiger partial charge in [-0.25, -0.2) is 0 Å². The Bertz CT molecular complexity index is 563. The minimum absolute atomic E-state index is 0.0158. The van der Waals surface area contributed by atoms with E-state index in [2.05, 4.69) is 36.4 Å². The molecule has 4 nitrogen and oxygen atoms in total. The number of nitrogens with zero attached hydrogens (tertiary/aromatic N) is 1. The third kappa shape index (κ3) is 3.98. The molecule has 0 saturated heterocycles. The van der Waals surface area contributed by atoms with Crippen molar-refractivity contribution in [2.75, 3.05) is 20.6 Å². The van der Waals surface area contributed by atoms with Crippen LogP contribution in [0, 0.1) is 0 Å². The first-order chi connectivity index (χ1) is 11.5. The maximum Gasteiger partial charge on any atom is 0.251 e. The van der Waals surface area contributed by atoms with E-state index < -0.39 is 0 Å². The Morgan fingerprint density at radius 3 is 2.46 bits per heavy atom. The number of amides is 1. The quantitative estimate of drug-likeness (QED) is 0.843. The molecule has 4 heteroatoms. The lowest BCUT2D eigenvalue weighted by molar-refractivity contribution is 0.0921. The van der Waals surface area contributed by atoms with E-state index in [0.717, 1.165) is 31.4 Å². The highest BCUT2D eigenvalue weighted by Gasteiger charge is 2.43. The predicted octanol–water partition coefficient (Wildman–Crippen LogP) is 2.67. The van der Waals surface area contributed by atoms with Crippen LogP contribution in [0.3, 0.4) is 0 Å². The molecule has 2 aliphatic carbocycles. The van der Waals surface area contributed by atoms with Gasteiger partial charge in [0.15, 0.2) is 0 Å². The number of nitrogens with two attached hydrogens (primary N) is 1. The fourth-order valence-electron chi connectivity index (χ4n) is 3.84. The van der Waals surface area contributed by atoms with Crippen LogP contribution >= 0.6 is 0 Å². The lowest BCUT2D eigenvalue weighted by Crippen LogP contribution is -2.49. The average molecular weight is 329 g/mol. The zero-order chi connectivity index (χ0) is 17.2. The molecule has 2 atom stereocenters. The van der Waals surface area contributed by atoms with E-state index in [0.29, 0.717) is 5.41 Å². The van der Waals surface area contributed by atoms with E-state index in [9.17, 15) is 4.79 Å². The van der Waals surface area contributed by atoms with Crippen molar-refractivity contribution in [2.24, 2.45) is 5.73 Å². The van der Waals surface area contributed by atoms with Crippen molar-refractivity contribution < 1.29 is 4.79 Å². The predicted molar refractivity (Wildman–Crippen MR) is 98.2 cm³/mol. The molecule has 0 aromatic heterocycles. The fraction of sp³-hybridized carbons (Fsp3) is 0.650. The van der Waals surface area contributed by atoms with Crippen molar-refractivity contribution in [3.63, 3.8) is 0 Å². The molecule has 2 saturated carbocycles. The summed E-state index contributed by atoms with van der Waals surface area (Å²) in [5, 5.41) is 3.13. The molecule has 3 rings (SSSR count). The first-order valence-electron chi connectivity index (χ1n) is 9.32. The maximum absolute atomic E-state index is 12.5. The number of benzene rings is 1. The molecule has 0 heterocycles. The second-order valence-corrected chi connectivity index (χ2v) is 7.94. The first kappa shape index (κ1) is 17.4. The second kappa shape index (κ2) is 7.24. The lowest BCUT2D eigenvalue weighted by atomic mass is 9.90. The van der Waals surface area contributed by atoms with Crippen molar-refractivity contribution in [2.45, 2.75) is 62.4 Å². The normalized spacial score (nSPS) is 25.5. The summed E-state index contributed by atoms with van der Waals surface area (Å²) in [6.45, 7) is 1.11. The van der Waals surface area contributed by atoms with Gasteiger partial charge in [0.2, 0.25) is 0 Å². The Morgan fingerprint density at radius 2 is 1.88 bits per heavy atom. The van der Waals surface area contributed by atoms with Gasteiger partial charge in [0.1, 0.15) is 0 Å². The van der Waals surface area contributed by atoms with Crippen molar-refractivity contribution in [1.82, 2.24) is 10.2 Å². The molecule has 0 bridgehead atoms. The highest BCUT2D eigenvalue weighted by atomic mass is 16.1. The minimum Gasteiger partial charge on any atom is -0.348 e. The number of hydrogen-bond acceptors (Lipinski definition) is 3. The van der Waals surface area contributed by atoms with Gasteiger partial charge >= 0.3 is 0 Å². The summed E-state index contributed by atoms with van der Waals surface area (Å²) in [7, 11) is 4.25. The number of carbonyl (C=O) groups excluding carboxylic acids is 1. The van der Waals surface area contributed by atoms with Crippen LogP contribution < -0.4 is 11.1 Å². The SMILES string of the molecule is CN(C)CCC1(c2ccc(C(=O)NC3CCCCC3N)cc2)CC1. The molecule has 0 radical (unpaired) electrons. The average Bonchev–Trinajstić information content (AvgIpc) is 3.36. The second-order valence-electron chi connectivity index (χ2n) is 7.94. The smallest absolute Gasteiger partial charge is 0.251 e. The summed E-state index contributed by atoms with van der Waals surface area (Å²) in [4.78, 5) is 14.7. The van der Waals surface area contributed by atoms with Crippen LogP contribution in [0.25, 0.3) is 0 Å². The Balaban J connectivity index is 1.61. The Kier molecular flexibility index (Phi) is 5.26. The van der Waals surface area contributed by atoms with Crippen molar-refractivity contribution in [3.8, 4) is 0 Å². The topological polar surface area (TPSA) is 58.4 Å². The van der Waals surface area contributed by atoms with Gasteiger partial charge in [0.25, 0.3) is 5.91 Å². The Labute approximate surface area is 145 Å². The minimum atomic E-state index is 0.0158. The van der Waals surface area contributed by atoms with Gasteiger partial charge in [-0.2, -0.15) is 0 Å². The largest absolute Gasteiger partial charge is 0.348 e. The molecule has 2 fully saturated rings. The number of nitrogens with one attached hydrogen (secondary N) is 1. The molecule has 132 valence electrons. The van der Waals surface area contributed by atoms with E-state index >= 15 is 0 Å². The molecule has 24 heavy (non-hydrogen) atoms. The van der Waals surface area contributed by atoms with Crippen LogP contribution in [0.1, 0.15) is 60.9 Å². The van der Waals surface area contributed by atoms with E-state index in [-0.39, 0.29) is 18.0 Å². The van der Waals surface area contributed by atoms with Gasteiger partial charge in [-0.3, -0.25) is 4.79 Å². The van der Waals surface area contributed by atoms with Gasteiger partial charge in [-0.1, -0.05) is 25.0 Å². The van der Waals surface area contributed by atoms with Crippen LogP contribution in [0.5, 0.6) is 0 Å². The molecule has 1 amide bonds. The highest BCUT2D eigenvalue weighted by Crippen LogP contribution is 2.51. The van der Waals surface area contributed by atoms with Crippen LogP contribution in [0.2, 0.25) is 0 Å². The van der Waals surface area contributed by atoms with Gasteiger partial charge < -0.3 is 16.0 Å². The van der Waals surface area contributed by atoms with Gasteiger partial charge in [0, 0.05) is 17.6 Å². The summed E-state index contributed by atoms with van der Waals surface area (Å²) in [6, 6.07) is 8.49. The van der Waals surface area contributed by atoms with Crippen molar-refractivity contribution >= 4 is 5.91 Å². The standard InChI is InChI=1S/C20H31N3O/c1-23(2)14-13-20(11-12-20)16-9-7-15(8-10-16)19(24)22-18-6-4-3-5-17(18)21/h7-10,17-18H,3-6,11-14,21H2,1-2H3,(H,22,24). The number of hydrogen-bond donors (Lipinski definition) is 2. The molecule has 1 aromatic rings. The molecule has 2 unspecified atom stereocenters. The van der Waals surface area contributed by atoms with E-state index in [1.807, 2.05) is 12.1 Å². The highest BCUT2D eigenvalue weighted by molar-refractivity contribution is 5.94. The Morgan fingerprint density at radius 1 is 1.21 bits per heavy atom. The van der Waals surface area contributed by atoms with Gasteiger partial charge in [-0.15, -0.1) is 0 Å². The summed E-state index contributed by atoms with van der Waals surface area (Å²) in [5.74, 6) is 0.0158. The lowest BCUT2D eigenvalue weighted by Gasteiger charge is -2.29. The molecule has 0 spiro atoms. The summed E-state index contributed by atoms with van der Waals surface area (Å²) >= 11 is 0. The van der Waals surface area contributed by atoms with Crippen LogP contribution in [0.4, 0.5) is 0 Å². The van der Waals surface area contributed by atoms with E-state index in [1.54, 1.807) is 0 Å². The van der Waals surface area contributed by atoms with Crippen molar-refractivity contribution in [1.29, 1.82) is 0 Å². The monoisotopic (exact) mass is 329 g/mol.